The molecule has 0 saturated carbocycles. The molecule has 6 rings (SSSR count). The first kappa shape index (κ1) is 22.5. The van der Waals surface area contributed by atoms with E-state index in [1.54, 1.807) is 72.8 Å². The highest BCUT2D eigenvalue weighted by Crippen LogP contribution is 2.24. The standard InChI is InChI=1S/2C14H10N2O2/c2*17-13-11-8-4-5-9-12(11)14(18)16(13)15-10-6-2-1-3-7-10/h2*1-9,15H. The Hall–Kier alpha value is -5.24. The lowest BCUT2D eigenvalue weighted by Gasteiger charge is -2.16. The van der Waals surface area contributed by atoms with E-state index in [0.717, 1.165) is 10.0 Å². The van der Waals surface area contributed by atoms with Gasteiger partial charge in [-0.15, -0.1) is 0 Å². The number of fused-ring (bicyclic) bond motifs is 2. The van der Waals surface area contributed by atoms with Gasteiger partial charge in [-0.05, 0) is 48.5 Å². The van der Waals surface area contributed by atoms with E-state index in [-0.39, 0.29) is 23.6 Å². The van der Waals surface area contributed by atoms with E-state index in [4.69, 9.17) is 0 Å². The van der Waals surface area contributed by atoms with Gasteiger partial charge in [0.15, 0.2) is 0 Å². The van der Waals surface area contributed by atoms with Crippen molar-refractivity contribution in [2.24, 2.45) is 0 Å². The topological polar surface area (TPSA) is 98.8 Å². The molecule has 0 spiro atoms. The fourth-order valence-electron chi connectivity index (χ4n) is 3.87. The van der Waals surface area contributed by atoms with E-state index in [1.807, 2.05) is 36.4 Å². The molecule has 0 atom stereocenters. The second kappa shape index (κ2) is 9.55. The van der Waals surface area contributed by atoms with Gasteiger partial charge in [-0.3, -0.25) is 30.0 Å². The minimum atomic E-state index is -0.320. The SMILES string of the molecule is O=C1c2ccccc2C(=O)N1Nc1ccccc1.O=C1c2ccccc2C(=O)N1Nc1ccccc1. The van der Waals surface area contributed by atoms with Crippen LogP contribution < -0.4 is 10.9 Å². The van der Waals surface area contributed by atoms with Gasteiger partial charge in [0.25, 0.3) is 23.6 Å². The first-order chi connectivity index (χ1) is 17.5. The van der Waals surface area contributed by atoms with E-state index in [1.165, 1.54) is 0 Å². The third kappa shape index (κ3) is 4.19. The zero-order chi connectivity index (χ0) is 25.1. The molecule has 8 nitrogen and oxygen atoms in total. The lowest BCUT2D eigenvalue weighted by atomic mass is 10.1. The van der Waals surface area contributed by atoms with Gasteiger partial charge in [0.05, 0.1) is 33.6 Å². The zero-order valence-electron chi connectivity index (χ0n) is 18.9. The number of amides is 4. The number of rotatable bonds is 4. The quantitative estimate of drug-likeness (QED) is 0.417. The molecule has 0 bridgehead atoms. The van der Waals surface area contributed by atoms with Crippen LogP contribution in [0.1, 0.15) is 41.4 Å². The highest BCUT2D eigenvalue weighted by molar-refractivity contribution is 6.22. The Morgan fingerprint density at radius 1 is 0.361 bits per heavy atom. The van der Waals surface area contributed by atoms with Crippen LogP contribution in [-0.2, 0) is 0 Å². The van der Waals surface area contributed by atoms with Crippen molar-refractivity contribution in [1.82, 2.24) is 10.0 Å². The van der Waals surface area contributed by atoms with Crippen LogP contribution in [0.15, 0.2) is 109 Å². The van der Waals surface area contributed by atoms with Crippen molar-refractivity contribution in [1.29, 1.82) is 0 Å². The average molecular weight is 476 g/mol. The number of para-hydroxylation sites is 2. The Bertz CT molecular complexity index is 1290. The highest BCUT2D eigenvalue weighted by Gasteiger charge is 2.36. The molecule has 0 saturated heterocycles. The molecular weight excluding hydrogens is 456 g/mol. The summed E-state index contributed by atoms with van der Waals surface area (Å²) in [6.45, 7) is 0. The summed E-state index contributed by atoms with van der Waals surface area (Å²) in [5.74, 6) is -1.28. The Morgan fingerprint density at radius 2 is 0.611 bits per heavy atom. The molecule has 176 valence electrons. The second-order valence-corrected chi connectivity index (χ2v) is 7.94. The van der Waals surface area contributed by atoms with Crippen molar-refractivity contribution >= 4 is 35.0 Å². The Kier molecular flexibility index (Phi) is 5.98. The molecule has 2 heterocycles. The van der Waals surface area contributed by atoms with Crippen LogP contribution in [0.5, 0.6) is 0 Å². The summed E-state index contributed by atoms with van der Waals surface area (Å²) in [5.41, 5.74) is 8.79. The van der Waals surface area contributed by atoms with Gasteiger partial charge in [0.2, 0.25) is 0 Å². The van der Waals surface area contributed by atoms with Crippen molar-refractivity contribution in [3.8, 4) is 0 Å². The van der Waals surface area contributed by atoms with Gasteiger partial charge in [0, 0.05) is 0 Å². The van der Waals surface area contributed by atoms with Crippen molar-refractivity contribution in [2.75, 3.05) is 10.9 Å². The van der Waals surface area contributed by atoms with E-state index in [9.17, 15) is 19.2 Å². The summed E-state index contributed by atoms with van der Waals surface area (Å²) in [6.07, 6.45) is 0. The second-order valence-electron chi connectivity index (χ2n) is 7.94. The highest BCUT2D eigenvalue weighted by atomic mass is 16.2. The lowest BCUT2D eigenvalue weighted by Crippen LogP contribution is -2.35. The molecule has 2 aliphatic heterocycles. The molecule has 8 heteroatoms. The third-order valence-corrected chi connectivity index (χ3v) is 5.62. The molecule has 36 heavy (non-hydrogen) atoms. The summed E-state index contributed by atoms with van der Waals surface area (Å²) in [7, 11) is 0. The first-order valence-corrected chi connectivity index (χ1v) is 11.1. The summed E-state index contributed by atoms with van der Waals surface area (Å²) in [5, 5.41) is 2.08. The molecule has 0 aliphatic carbocycles. The Labute approximate surface area is 206 Å². The summed E-state index contributed by atoms with van der Waals surface area (Å²) < 4.78 is 0. The van der Waals surface area contributed by atoms with Crippen molar-refractivity contribution in [2.45, 2.75) is 0 Å². The van der Waals surface area contributed by atoms with Gasteiger partial charge in [-0.1, -0.05) is 60.7 Å². The largest absolute Gasteiger partial charge is 0.288 e. The van der Waals surface area contributed by atoms with E-state index in [0.29, 0.717) is 33.6 Å². The Balaban J connectivity index is 0.000000148. The number of nitrogens with zero attached hydrogens (tertiary/aromatic N) is 2. The number of imide groups is 2. The Morgan fingerprint density at radius 3 is 0.889 bits per heavy atom. The lowest BCUT2D eigenvalue weighted by molar-refractivity contribution is 0.0675. The van der Waals surface area contributed by atoms with Gasteiger partial charge in [-0.2, -0.15) is 10.0 Å². The number of carbonyl (C=O) groups excluding carboxylic acids is 4. The minimum Gasteiger partial charge on any atom is -0.288 e. The average Bonchev–Trinajstić information content (AvgIpc) is 3.31. The van der Waals surface area contributed by atoms with Gasteiger partial charge >= 0.3 is 0 Å². The minimum absolute atomic E-state index is 0.320. The van der Waals surface area contributed by atoms with Crippen LogP contribution in [0.4, 0.5) is 11.4 Å². The maximum atomic E-state index is 12.1. The number of benzene rings is 4. The van der Waals surface area contributed by atoms with Crippen LogP contribution in [0.25, 0.3) is 0 Å². The molecule has 2 aliphatic rings. The number of carbonyl (C=O) groups is 4. The number of anilines is 2. The summed E-state index contributed by atoms with van der Waals surface area (Å²) >= 11 is 0. The normalized spacial score (nSPS) is 13.7. The smallest absolute Gasteiger partial charge is 0.280 e. The molecule has 0 fully saturated rings. The van der Waals surface area contributed by atoms with Crippen molar-refractivity contribution in [3.05, 3.63) is 131 Å². The molecule has 4 aromatic carbocycles. The predicted octanol–water partition coefficient (Wildman–Crippen LogP) is 4.62. The van der Waals surface area contributed by atoms with Crippen LogP contribution in [0, 0.1) is 0 Å². The third-order valence-electron chi connectivity index (χ3n) is 5.62. The maximum absolute atomic E-state index is 12.1. The summed E-state index contributed by atoms with van der Waals surface area (Å²) in [6, 6.07) is 31.9. The monoisotopic (exact) mass is 476 g/mol. The predicted molar refractivity (Wildman–Crippen MR) is 134 cm³/mol. The number of hydrazine groups is 2. The molecule has 4 aromatic rings. The van der Waals surface area contributed by atoms with Crippen molar-refractivity contribution in [3.63, 3.8) is 0 Å². The molecule has 0 radical (unpaired) electrons. The summed E-state index contributed by atoms with van der Waals surface area (Å²) in [4.78, 5) is 48.2. The van der Waals surface area contributed by atoms with Gasteiger partial charge < -0.3 is 0 Å². The van der Waals surface area contributed by atoms with Crippen LogP contribution in [0.2, 0.25) is 0 Å². The first-order valence-electron chi connectivity index (χ1n) is 11.1. The fourth-order valence-corrected chi connectivity index (χ4v) is 3.87. The van der Waals surface area contributed by atoms with Gasteiger partial charge in [0.1, 0.15) is 0 Å². The molecule has 4 amide bonds. The number of hydrogen-bond donors (Lipinski definition) is 2. The molecule has 0 aromatic heterocycles. The van der Waals surface area contributed by atoms with Crippen LogP contribution >= 0.6 is 0 Å². The molecule has 2 N–H and O–H groups in total. The van der Waals surface area contributed by atoms with Gasteiger partial charge in [-0.25, -0.2) is 0 Å². The zero-order valence-corrected chi connectivity index (χ0v) is 18.9. The van der Waals surface area contributed by atoms with Crippen molar-refractivity contribution < 1.29 is 19.2 Å². The molecular formula is C28H20N4O4. The molecule has 0 unspecified atom stereocenters. The van der Waals surface area contributed by atoms with Crippen LogP contribution in [0.3, 0.4) is 0 Å². The fraction of sp³-hybridized carbons (Fsp3) is 0. The van der Waals surface area contributed by atoms with E-state index in [2.05, 4.69) is 10.9 Å². The number of hydrogen-bond acceptors (Lipinski definition) is 6. The number of nitrogens with one attached hydrogen (secondary N) is 2. The maximum Gasteiger partial charge on any atom is 0.280 e. The van der Waals surface area contributed by atoms with E-state index >= 15 is 0 Å². The van der Waals surface area contributed by atoms with E-state index < -0.39 is 0 Å². The van der Waals surface area contributed by atoms with Crippen LogP contribution in [-0.4, -0.2) is 33.6 Å².